The van der Waals surface area contributed by atoms with Crippen molar-refractivity contribution in [2.24, 2.45) is 0 Å². The lowest BCUT2D eigenvalue weighted by atomic mass is 10.0. The van der Waals surface area contributed by atoms with E-state index >= 15 is 0 Å². The van der Waals surface area contributed by atoms with Crippen molar-refractivity contribution in [2.45, 2.75) is 27.5 Å². The highest BCUT2D eigenvalue weighted by Gasteiger charge is 2.46. The van der Waals surface area contributed by atoms with Gasteiger partial charge in [-0.2, -0.15) is 10.3 Å². The van der Waals surface area contributed by atoms with Gasteiger partial charge in [0.25, 0.3) is 0 Å². The van der Waals surface area contributed by atoms with Crippen LogP contribution in [0.25, 0.3) is 0 Å². The first-order valence-corrected chi connectivity index (χ1v) is 13.3. The van der Waals surface area contributed by atoms with Crippen molar-refractivity contribution in [3.05, 3.63) is 89.8 Å². The van der Waals surface area contributed by atoms with Gasteiger partial charge in [0.1, 0.15) is 10.7 Å². The van der Waals surface area contributed by atoms with Crippen molar-refractivity contribution in [3.63, 3.8) is 0 Å². The van der Waals surface area contributed by atoms with Crippen LogP contribution < -0.4 is 0 Å². The van der Waals surface area contributed by atoms with E-state index < -0.39 is 12.1 Å². The van der Waals surface area contributed by atoms with E-state index in [0.717, 1.165) is 21.2 Å². The van der Waals surface area contributed by atoms with Gasteiger partial charge < -0.3 is 4.74 Å². The summed E-state index contributed by atoms with van der Waals surface area (Å²) in [5.74, 6) is -0.534. The topological polar surface area (TPSA) is 88.2 Å². The van der Waals surface area contributed by atoms with Crippen molar-refractivity contribution < 1.29 is 14.3 Å². The monoisotopic (exact) mass is 496 g/mol. The maximum atomic E-state index is 13.4. The highest BCUT2D eigenvalue weighted by molar-refractivity contribution is 8.23. The number of hydrogen-bond acceptors (Lipinski definition) is 8. The number of nitrogens with one attached hydrogen (secondary N) is 1. The van der Waals surface area contributed by atoms with E-state index in [2.05, 4.69) is 15.4 Å². The minimum atomic E-state index is -0.556. The summed E-state index contributed by atoms with van der Waals surface area (Å²) in [5, 5.41) is 12.0. The second-order valence-electron chi connectivity index (χ2n) is 7.32. The molecule has 10 heteroatoms. The quantitative estimate of drug-likeness (QED) is 0.212. The molecule has 2 aliphatic heterocycles. The maximum Gasteiger partial charge on any atom is 0.355 e. The molecule has 5 rings (SSSR count). The molecule has 0 saturated carbocycles. The van der Waals surface area contributed by atoms with Gasteiger partial charge in [-0.15, -0.1) is 28.6 Å². The first-order valence-electron chi connectivity index (χ1n) is 10.3. The number of aromatic nitrogens is 3. The Morgan fingerprint density at radius 3 is 2.45 bits per heavy atom. The Balaban J connectivity index is 1.35. The molecule has 0 aliphatic carbocycles. The fourth-order valence-corrected chi connectivity index (χ4v) is 7.67. The lowest BCUT2D eigenvalue weighted by Gasteiger charge is -2.44. The van der Waals surface area contributed by atoms with Gasteiger partial charge in [0.05, 0.1) is 22.6 Å². The van der Waals surface area contributed by atoms with Gasteiger partial charge in [-0.1, -0.05) is 72.4 Å². The number of thioether (sulfide) groups is 3. The number of rotatable bonds is 8. The van der Waals surface area contributed by atoms with Crippen LogP contribution in [0.2, 0.25) is 0 Å². The van der Waals surface area contributed by atoms with Crippen molar-refractivity contribution in [1.82, 2.24) is 20.3 Å². The number of hydrogen-bond donors (Lipinski definition) is 1. The van der Waals surface area contributed by atoms with Crippen LogP contribution in [-0.2, 0) is 14.3 Å². The molecular weight excluding hydrogens is 476 g/mol. The van der Waals surface area contributed by atoms with E-state index in [9.17, 15) is 9.59 Å². The number of H-pyrrole nitrogens is 1. The summed E-state index contributed by atoms with van der Waals surface area (Å²) in [5.41, 5.74) is 2.09. The third kappa shape index (κ3) is 4.97. The molecule has 7 nitrogen and oxygen atoms in total. The number of ether oxygens (including phenoxy) is 1. The SMILES string of the molecule is O=C(OC(c1ccccc1)c1ccccc1)C1=CC(SCSc2cn[nH]n2)S[C@@H]2CC(=O)N12. The molecule has 3 aromatic rings. The Hall–Kier alpha value is -2.69. The number of amides is 1. The zero-order valence-corrected chi connectivity index (χ0v) is 19.8. The predicted octanol–water partition coefficient (Wildman–Crippen LogP) is 4.44. The molecule has 0 spiro atoms. The molecule has 1 amide bonds. The fourth-order valence-electron chi connectivity index (χ4n) is 3.62. The molecule has 1 saturated heterocycles. The highest BCUT2D eigenvalue weighted by Crippen LogP contribution is 2.45. The minimum absolute atomic E-state index is 0.0354. The van der Waals surface area contributed by atoms with Gasteiger partial charge in [0.15, 0.2) is 6.10 Å². The van der Waals surface area contributed by atoms with Crippen LogP contribution in [0.5, 0.6) is 0 Å². The van der Waals surface area contributed by atoms with Crippen molar-refractivity contribution in [2.75, 3.05) is 5.08 Å². The second kappa shape index (κ2) is 10.1. The molecule has 1 unspecified atom stereocenters. The summed E-state index contributed by atoms with van der Waals surface area (Å²) in [6, 6.07) is 19.3. The molecule has 2 atom stereocenters. The lowest BCUT2D eigenvalue weighted by Crippen LogP contribution is -2.54. The summed E-state index contributed by atoms with van der Waals surface area (Å²) in [6.07, 6.45) is 3.40. The number of esters is 1. The molecule has 0 bridgehead atoms. The number of β-lactam (4-membered cyclic amide) rings is 1. The van der Waals surface area contributed by atoms with Crippen LogP contribution in [0, 0.1) is 0 Å². The molecule has 2 aliphatic rings. The van der Waals surface area contributed by atoms with Gasteiger partial charge in [-0.25, -0.2) is 4.79 Å². The van der Waals surface area contributed by atoms with E-state index in [1.165, 1.54) is 0 Å². The zero-order chi connectivity index (χ0) is 22.6. The number of aromatic amines is 1. The van der Waals surface area contributed by atoms with Crippen LogP contribution in [0.1, 0.15) is 23.7 Å². The van der Waals surface area contributed by atoms with Crippen LogP contribution in [-0.4, -0.2) is 47.2 Å². The number of carbonyl (C=O) groups excluding carboxylic acids is 2. The third-order valence-electron chi connectivity index (χ3n) is 5.22. The molecule has 3 heterocycles. The van der Waals surface area contributed by atoms with E-state index in [-0.39, 0.29) is 15.9 Å². The average Bonchev–Trinajstić information content (AvgIpc) is 3.36. The first kappa shape index (κ1) is 22.1. The van der Waals surface area contributed by atoms with Gasteiger partial charge in [-0.05, 0) is 17.2 Å². The maximum absolute atomic E-state index is 13.4. The molecular formula is C23H20N4O3S3. The summed E-state index contributed by atoms with van der Waals surface area (Å²) >= 11 is 4.95. The van der Waals surface area contributed by atoms with E-state index in [1.807, 2.05) is 66.7 Å². The minimum Gasteiger partial charge on any atom is -0.448 e. The van der Waals surface area contributed by atoms with Crippen molar-refractivity contribution in [3.8, 4) is 0 Å². The smallest absolute Gasteiger partial charge is 0.355 e. The van der Waals surface area contributed by atoms with Crippen LogP contribution in [0.3, 0.4) is 0 Å². The Morgan fingerprint density at radius 2 is 1.85 bits per heavy atom. The van der Waals surface area contributed by atoms with E-state index in [4.69, 9.17) is 4.74 Å². The number of carbonyl (C=O) groups is 2. The second-order valence-corrected chi connectivity index (χ2v) is 11.4. The molecule has 33 heavy (non-hydrogen) atoms. The molecule has 0 radical (unpaired) electrons. The van der Waals surface area contributed by atoms with Crippen molar-refractivity contribution >= 4 is 47.2 Å². The lowest BCUT2D eigenvalue weighted by molar-refractivity contribution is -0.151. The number of benzene rings is 2. The van der Waals surface area contributed by atoms with Gasteiger partial charge in [-0.3, -0.25) is 9.69 Å². The Labute approximate surface area is 203 Å². The standard InChI is InChI=1S/C23H20N4O3S3/c28-19-12-20-27(19)17(11-21(33-20)32-14-31-18-13-24-26-25-18)23(29)30-22(15-7-3-1-4-8-15)16-9-5-2-6-10-16/h1-11,13,20-22H,12,14H2,(H,24,25,26)/t20-,21?/m1/s1. The van der Waals surface area contributed by atoms with E-state index in [0.29, 0.717) is 12.1 Å². The molecule has 1 fully saturated rings. The molecule has 1 N–H and O–H groups in total. The summed E-state index contributed by atoms with van der Waals surface area (Å²) in [6.45, 7) is 0. The van der Waals surface area contributed by atoms with Crippen LogP contribution in [0.4, 0.5) is 0 Å². The largest absolute Gasteiger partial charge is 0.448 e. The predicted molar refractivity (Wildman–Crippen MR) is 130 cm³/mol. The van der Waals surface area contributed by atoms with Gasteiger partial charge in [0, 0.05) is 5.08 Å². The normalized spacial score (nSPS) is 19.6. The van der Waals surface area contributed by atoms with Crippen molar-refractivity contribution in [1.29, 1.82) is 0 Å². The summed E-state index contributed by atoms with van der Waals surface area (Å²) in [7, 11) is 0. The number of nitrogens with zero attached hydrogens (tertiary/aromatic N) is 3. The fraction of sp³-hybridized carbons (Fsp3) is 0.217. The molecule has 1 aromatic heterocycles. The molecule has 2 aromatic carbocycles. The first-order chi connectivity index (χ1) is 16.2. The molecule has 168 valence electrons. The zero-order valence-electron chi connectivity index (χ0n) is 17.4. The van der Waals surface area contributed by atoms with Gasteiger partial charge >= 0.3 is 5.97 Å². The van der Waals surface area contributed by atoms with Gasteiger partial charge in [0.2, 0.25) is 5.91 Å². The Kier molecular flexibility index (Phi) is 6.75. The Morgan fingerprint density at radius 1 is 1.15 bits per heavy atom. The summed E-state index contributed by atoms with van der Waals surface area (Å²) < 4.78 is 6.06. The van der Waals surface area contributed by atoms with Crippen LogP contribution >= 0.6 is 35.3 Å². The highest BCUT2D eigenvalue weighted by atomic mass is 32.2. The third-order valence-corrected chi connectivity index (χ3v) is 9.03. The Bertz CT molecular complexity index is 1100. The average molecular weight is 497 g/mol. The number of fused-ring (bicyclic) bond motifs is 1. The summed E-state index contributed by atoms with van der Waals surface area (Å²) in [4.78, 5) is 27.3. The van der Waals surface area contributed by atoms with E-state index in [1.54, 1.807) is 46.4 Å². The van der Waals surface area contributed by atoms with Crippen LogP contribution in [0.15, 0.2) is 83.7 Å².